The van der Waals surface area contributed by atoms with Crippen LogP contribution in [-0.4, -0.2) is 17.4 Å². The molecule has 156 valence electrons. The molecule has 0 atom stereocenters. The number of amides is 1. The van der Waals surface area contributed by atoms with Crippen molar-refractivity contribution in [3.8, 4) is 11.1 Å². The highest BCUT2D eigenvalue weighted by Gasteiger charge is 2.35. The summed E-state index contributed by atoms with van der Waals surface area (Å²) in [7, 11) is 0. The monoisotopic (exact) mass is 439 g/mol. The summed E-state index contributed by atoms with van der Waals surface area (Å²) < 4.78 is 40.6. The first kappa shape index (κ1) is 19.6. The van der Waals surface area contributed by atoms with Gasteiger partial charge in [0.2, 0.25) is 0 Å². The van der Waals surface area contributed by atoms with Gasteiger partial charge in [-0.15, -0.1) is 11.3 Å². The Hall–Kier alpha value is -3.39. The van der Waals surface area contributed by atoms with Crippen molar-refractivity contribution in [1.82, 2.24) is 4.98 Å². The molecule has 4 nitrogen and oxygen atoms in total. The smallest absolute Gasteiger partial charge is 0.397 e. The van der Waals surface area contributed by atoms with Crippen molar-refractivity contribution in [2.75, 3.05) is 17.2 Å². The van der Waals surface area contributed by atoms with E-state index in [0.717, 1.165) is 35.1 Å². The van der Waals surface area contributed by atoms with Crippen LogP contribution in [0, 0.1) is 0 Å². The van der Waals surface area contributed by atoms with Gasteiger partial charge in [-0.25, -0.2) is 4.98 Å². The molecule has 31 heavy (non-hydrogen) atoms. The van der Waals surface area contributed by atoms with Crippen LogP contribution in [0.25, 0.3) is 21.3 Å². The van der Waals surface area contributed by atoms with Gasteiger partial charge in [-0.1, -0.05) is 48.5 Å². The maximum atomic E-state index is 13.5. The molecule has 5 rings (SSSR count). The quantitative estimate of drug-likeness (QED) is 0.432. The summed E-state index contributed by atoms with van der Waals surface area (Å²) in [5.74, 6) is -0.321. The van der Waals surface area contributed by atoms with Crippen LogP contribution < -0.4 is 10.6 Å². The highest BCUT2D eigenvalue weighted by atomic mass is 32.1. The molecule has 2 aromatic heterocycles. The lowest BCUT2D eigenvalue weighted by atomic mass is 10.0. The van der Waals surface area contributed by atoms with E-state index in [-0.39, 0.29) is 21.3 Å². The van der Waals surface area contributed by atoms with Crippen molar-refractivity contribution in [2.45, 2.75) is 12.6 Å². The molecule has 0 saturated heterocycles. The second-order valence-electron chi connectivity index (χ2n) is 7.28. The maximum absolute atomic E-state index is 13.5. The first-order chi connectivity index (χ1) is 14.8. The summed E-state index contributed by atoms with van der Waals surface area (Å²) in [4.78, 5) is 19.1. The molecule has 2 N–H and O–H groups in total. The number of fused-ring (bicyclic) bond motifs is 2. The minimum absolute atomic E-state index is 0.0991. The van der Waals surface area contributed by atoms with Crippen LogP contribution >= 0.6 is 11.3 Å². The van der Waals surface area contributed by atoms with Gasteiger partial charge in [-0.05, 0) is 35.2 Å². The van der Waals surface area contributed by atoms with E-state index in [1.807, 2.05) is 24.3 Å². The van der Waals surface area contributed by atoms with Gasteiger partial charge in [-0.3, -0.25) is 4.79 Å². The van der Waals surface area contributed by atoms with Crippen molar-refractivity contribution < 1.29 is 18.0 Å². The van der Waals surface area contributed by atoms with Gasteiger partial charge in [0.15, 0.2) is 0 Å². The van der Waals surface area contributed by atoms with Crippen LogP contribution in [0.3, 0.4) is 0 Å². The highest BCUT2D eigenvalue weighted by molar-refractivity contribution is 7.21. The summed E-state index contributed by atoms with van der Waals surface area (Å²) >= 11 is 0.905. The number of hydrogen-bond donors (Lipinski definition) is 1. The fourth-order valence-corrected chi connectivity index (χ4v) is 5.01. The summed E-state index contributed by atoms with van der Waals surface area (Å²) in [6.07, 6.45) is -3.90. The number of anilines is 2. The van der Waals surface area contributed by atoms with E-state index in [9.17, 15) is 18.0 Å². The number of nitrogens with zero attached hydrogens (tertiary/aromatic N) is 2. The number of nitrogens with two attached hydrogens (primary N) is 1. The minimum atomic E-state index is -4.62. The summed E-state index contributed by atoms with van der Waals surface area (Å²) in [6.45, 7) is 0.499. The number of halogens is 3. The Morgan fingerprint density at radius 1 is 1.06 bits per heavy atom. The minimum Gasteiger partial charge on any atom is -0.397 e. The molecular weight excluding hydrogens is 423 g/mol. The van der Waals surface area contributed by atoms with Gasteiger partial charge in [0.25, 0.3) is 5.91 Å². The van der Waals surface area contributed by atoms with Crippen LogP contribution in [0.5, 0.6) is 0 Å². The van der Waals surface area contributed by atoms with E-state index in [2.05, 4.69) is 4.98 Å². The molecule has 1 aliphatic heterocycles. The average molecular weight is 439 g/mol. The number of carbonyl (C=O) groups is 1. The summed E-state index contributed by atoms with van der Waals surface area (Å²) in [5, 5.41) is 0.375. The topological polar surface area (TPSA) is 59.2 Å². The normalized spacial score (nSPS) is 13.6. The number of aromatic nitrogens is 1. The van der Waals surface area contributed by atoms with Crippen LogP contribution in [0.2, 0.25) is 0 Å². The maximum Gasteiger partial charge on any atom is 0.433 e. The standard InChI is InChI=1S/C23H16F3N3OS/c24-23(25,26)17-12-15(13-6-2-1-3-7-13)18-19(27)20(31-21(18)28-17)22(30)29-11-10-14-8-4-5-9-16(14)29/h1-9,12H,10-11,27H2. The molecular formula is C23H16F3N3OS. The van der Waals surface area contributed by atoms with Crippen LogP contribution in [0.1, 0.15) is 20.9 Å². The lowest BCUT2D eigenvalue weighted by molar-refractivity contribution is -0.140. The zero-order valence-corrected chi connectivity index (χ0v) is 16.9. The SMILES string of the molecule is Nc1c(C(=O)N2CCc3ccccc32)sc2nc(C(F)(F)F)cc(-c3ccccc3)c12. The lowest BCUT2D eigenvalue weighted by Crippen LogP contribution is -2.28. The number of hydrogen-bond acceptors (Lipinski definition) is 4. The van der Waals surface area contributed by atoms with Gasteiger partial charge in [-0.2, -0.15) is 13.2 Å². The van der Waals surface area contributed by atoms with Gasteiger partial charge in [0, 0.05) is 17.6 Å². The molecule has 1 aliphatic rings. The number of para-hydroxylation sites is 1. The zero-order valence-electron chi connectivity index (χ0n) is 16.1. The highest BCUT2D eigenvalue weighted by Crippen LogP contribution is 2.43. The molecule has 0 radical (unpaired) electrons. The second kappa shape index (κ2) is 7.09. The number of alkyl halides is 3. The Bertz CT molecular complexity index is 1320. The molecule has 0 unspecified atom stereocenters. The molecule has 4 aromatic rings. The Labute approximate surface area is 179 Å². The Morgan fingerprint density at radius 3 is 2.52 bits per heavy atom. The predicted octanol–water partition coefficient (Wildman–Crippen LogP) is 5.77. The van der Waals surface area contributed by atoms with E-state index in [1.165, 1.54) is 0 Å². The van der Waals surface area contributed by atoms with Gasteiger partial charge >= 0.3 is 6.18 Å². The van der Waals surface area contributed by atoms with E-state index >= 15 is 0 Å². The van der Waals surface area contributed by atoms with E-state index in [0.29, 0.717) is 23.1 Å². The van der Waals surface area contributed by atoms with Crippen molar-refractivity contribution in [2.24, 2.45) is 0 Å². The predicted molar refractivity (Wildman–Crippen MR) is 116 cm³/mol. The number of thiophene rings is 1. The van der Waals surface area contributed by atoms with Crippen molar-refractivity contribution in [1.29, 1.82) is 0 Å². The number of benzene rings is 2. The first-order valence-corrected chi connectivity index (χ1v) is 10.4. The average Bonchev–Trinajstić information content (AvgIpc) is 3.34. The van der Waals surface area contributed by atoms with Crippen LogP contribution in [-0.2, 0) is 12.6 Å². The lowest BCUT2D eigenvalue weighted by Gasteiger charge is -2.16. The molecule has 0 aliphatic carbocycles. The number of pyridine rings is 1. The Balaban J connectivity index is 1.70. The number of rotatable bonds is 2. The van der Waals surface area contributed by atoms with Crippen molar-refractivity contribution >= 4 is 38.8 Å². The molecule has 0 fully saturated rings. The molecule has 0 saturated carbocycles. The number of nitrogen functional groups attached to an aromatic ring is 1. The molecule has 0 bridgehead atoms. The van der Waals surface area contributed by atoms with Crippen molar-refractivity contribution in [3.05, 3.63) is 76.8 Å². The molecule has 8 heteroatoms. The Kier molecular flexibility index (Phi) is 4.48. The van der Waals surface area contributed by atoms with Gasteiger partial charge < -0.3 is 10.6 Å². The molecule has 3 heterocycles. The van der Waals surface area contributed by atoms with Crippen LogP contribution in [0.4, 0.5) is 24.5 Å². The van der Waals surface area contributed by atoms with Gasteiger partial charge in [0.05, 0.1) is 5.69 Å². The summed E-state index contributed by atoms with van der Waals surface area (Å²) in [5.41, 5.74) is 8.27. The fourth-order valence-electron chi connectivity index (χ4n) is 3.94. The van der Waals surface area contributed by atoms with Crippen LogP contribution in [0.15, 0.2) is 60.7 Å². The fraction of sp³-hybridized carbons (Fsp3) is 0.130. The van der Waals surface area contributed by atoms with E-state index < -0.39 is 11.9 Å². The van der Waals surface area contributed by atoms with Gasteiger partial charge in [0.1, 0.15) is 15.4 Å². The second-order valence-corrected chi connectivity index (χ2v) is 8.28. The van der Waals surface area contributed by atoms with E-state index in [4.69, 9.17) is 5.73 Å². The first-order valence-electron chi connectivity index (χ1n) is 9.60. The molecule has 1 amide bonds. The largest absolute Gasteiger partial charge is 0.433 e. The summed E-state index contributed by atoms with van der Waals surface area (Å²) in [6, 6.07) is 17.3. The number of carbonyl (C=O) groups excluding carboxylic acids is 1. The molecule has 2 aromatic carbocycles. The van der Waals surface area contributed by atoms with Crippen molar-refractivity contribution in [3.63, 3.8) is 0 Å². The third-order valence-electron chi connectivity index (χ3n) is 5.40. The van der Waals surface area contributed by atoms with E-state index in [1.54, 1.807) is 35.2 Å². The third-order valence-corrected chi connectivity index (χ3v) is 6.49. The Morgan fingerprint density at radius 2 is 1.77 bits per heavy atom. The molecule has 0 spiro atoms. The third kappa shape index (κ3) is 3.23. The zero-order chi connectivity index (χ0) is 21.8.